The second kappa shape index (κ2) is 4.82. The van der Waals surface area contributed by atoms with Gasteiger partial charge in [0.25, 0.3) is 0 Å². The molecule has 2 nitrogen and oxygen atoms in total. The maximum atomic E-state index is 6.92. The quantitative estimate of drug-likeness (QED) is 0.579. The van der Waals surface area contributed by atoms with Crippen molar-refractivity contribution in [3.05, 3.63) is 59.4 Å². The Kier molecular flexibility index (Phi) is 3.01. The third-order valence-corrected chi connectivity index (χ3v) is 3.69. The monoisotopic (exact) mass is 247 g/mol. The highest BCUT2D eigenvalue weighted by atomic mass is 16.5. The summed E-state index contributed by atoms with van der Waals surface area (Å²) >= 11 is 0. The van der Waals surface area contributed by atoms with E-state index in [0.717, 1.165) is 17.9 Å². The summed E-state index contributed by atoms with van der Waals surface area (Å²) < 4.78 is 5.84. The molecular formula is C16H14BNO. The topological polar surface area (TPSA) is 13.6 Å². The molecule has 0 radical (unpaired) electrons. The van der Waals surface area contributed by atoms with Gasteiger partial charge >= 0.3 is 0 Å². The number of rotatable bonds is 2. The van der Waals surface area contributed by atoms with Crippen LogP contribution in [0.25, 0.3) is 4.85 Å². The molecule has 0 aliphatic carbocycles. The number of fused-ring (bicyclic) bond motifs is 1. The SMILES string of the molecule is [C-]#[N+]c1ccc(Oc2ccc3c(c2)CCB3C)cc1. The van der Waals surface area contributed by atoms with Crippen molar-refractivity contribution in [1.29, 1.82) is 0 Å². The Labute approximate surface area is 113 Å². The first-order valence-corrected chi connectivity index (χ1v) is 6.54. The van der Waals surface area contributed by atoms with Crippen LogP contribution in [0.3, 0.4) is 0 Å². The van der Waals surface area contributed by atoms with Crippen molar-refractivity contribution in [2.75, 3.05) is 0 Å². The van der Waals surface area contributed by atoms with Crippen LogP contribution in [0.4, 0.5) is 5.69 Å². The summed E-state index contributed by atoms with van der Waals surface area (Å²) in [6, 6.07) is 13.6. The smallest absolute Gasteiger partial charge is 0.187 e. The van der Waals surface area contributed by atoms with Crippen LogP contribution in [0.15, 0.2) is 42.5 Å². The molecule has 0 bridgehead atoms. The fourth-order valence-electron chi connectivity index (χ4n) is 2.60. The van der Waals surface area contributed by atoms with E-state index >= 15 is 0 Å². The van der Waals surface area contributed by atoms with E-state index in [0.29, 0.717) is 12.4 Å². The van der Waals surface area contributed by atoms with Gasteiger partial charge in [-0.2, -0.15) is 0 Å². The number of ether oxygens (including phenoxy) is 1. The van der Waals surface area contributed by atoms with E-state index in [1.54, 1.807) is 12.1 Å². The van der Waals surface area contributed by atoms with Gasteiger partial charge in [-0.25, -0.2) is 4.85 Å². The van der Waals surface area contributed by atoms with Gasteiger partial charge < -0.3 is 4.74 Å². The fourth-order valence-corrected chi connectivity index (χ4v) is 2.60. The van der Waals surface area contributed by atoms with Crippen molar-refractivity contribution >= 4 is 17.9 Å². The van der Waals surface area contributed by atoms with Crippen molar-refractivity contribution in [2.24, 2.45) is 0 Å². The molecule has 1 aliphatic heterocycles. The van der Waals surface area contributed by atoms with Gasteiger partial charge in [-0.1, -0.05) is 42.4 Å². The molecule has 2 aromatic carbocycles. The summed E-state index contributed by atoms with van der Waals surface area (Å²) in [5.74, 6) is 1.65. The molecule has 0 unspecified atom stereocenters. The van der Waals surface area contributed by atoms with Crippen molar-refractivity contribution in [1.82, 2.24) is 0 Å². The Balaban J connectivity index is 1.82. The van der Waals surface area contributed by atoms with Crippen molar-refractivity contribution < 1.29 is 4.74 Å². The van der Waals surface area contributed by atoms with Gasteiger partial charge in [-0.15, -0.1) is 0 Å². The highest BCUT2D eigenvalue weighted by Crippen LogP contribution is 2.26. The van der Waals surface area contributed by atoms with Crippen molar-refractivity contribution in [2.45, 2.75) is 19.6 Å². The molecule has 1 aliphatic rings. The Hall–Kier alpha value is -2.21. The molecule has 92 valence electrons. The highest BCUT2D eigenvalue weighted by molar-refractivity contribution is 6.73. The lowest BCUT2D eigenvalue weighted by atomic mass is 9.48. The molecule has 0 saturated carbocycles. The minimum atomic E-state index is 0.634. The lowest BCUT2D eigenvalue weighted by Gasteiger charge is -2.08. The molecule has 0 aromatic heterocycles. The second-order valence-corrected chi connectivity index (χ2v) is 5.01. The van der Waals surface area contributed by atoms with Gasteiger partial charge in [0.2, 0.25) is 0 Å². The van der Waals surface area contributed by atoms with Gasteiger partial charge in [0, 0.05) is 0 Å². The first kappa shape index (κ1) is 11.9. The van der Waals surface area contributed by atoms with Gasteiger partial charge in [0.05, 0.1) is 6.57 Å². The Morgan fingerprint density at radius 3 is 2.58 bits per heavy atom. The van der Waals surface area contributed by atoms with E-state index in [2.05, 4.69) is 23.8 Å². The average Bonchev–Trinajstić information content (AvgIpc) is 2.81. The number of benzene rings is 2. The Morgan fingerprint density at radius 2 is 1.84 bits per heavy atom. The summed E-state index contributed by atoms with van der Waals surface area (Å²) in [5.41, 5.74) is 3.49. The summed E-state index contributed by atoms with van der Waals surface area (Å²) in [5, 5.41) is 0. The summed E-state index contributed by atoms with van der Waals surface area (Å²) in [4.78, 5) is 3.37. The van der Waals surface area contributed by atoms with Gasteiger partial charge in [-0.3, -0.25) is 0 Å². The number of hydrogen-bond acceptors (Lipinski definition) is 1. The van der Waals surface area contributed by atoms with Crippen LogP contribution in [0.5, 0.6) is 11.5 Å². The number of nitrogens with zero attached hydrogens (tertiary/aromatic N) is 1. The van der Waals surface area contributed by atoms with Crippen LogP contribution in [0.2, 0.25) is 13.1 Å². The summed E-state index contributed by atoms with van der Waals surface area (Å²) in [7, 11) is 0. The molecule has 1 heterocycles. The first-order chi connectivity index (χ1) is 9.26. The predicted molar refractivity (Wildman–Crippen MR) is 79.0 cm³/mol. The van der Waals surface area contributed by atoms with Crippen LogP contribution in [-0.2, 0) is 6.42 Å². The molecule has 0 N–H and O–H groups in total. The van der Waals surface area contributed by atoms with Crippen molar-refractivity contribution in [3.8, 4) is 11.5 Å². The van der Waals surface area contributed by atoms with Gasteiger partial charge in [-0.05, 0) is 30.7 Å². The number of aryl methyl sites for hydroxylation is 1. The van der Waals surface area contributed by atoms with E-state index in [-0.39, 0.29) is 0 Å². The lowest BCUT2D eigenvalue weighted by molar-refractivity contribution is 0.482. The molecule has 2 aromatic rings. The highest BCUT2D eigenvalue weighted by Gasteiger charge is 2.21. The second-order valence-electron chi connectivity index (χ2n) is 5.01. The molecule has 0 saturated heterocycles. The van der Waals surface area contributed by atoms with E-state index in [4.69, 9.17) is 11.3 Å². The standard InChI is InChI=1S/C16H14BNO/c1-17-10-9-12-11-15(7-8-16(12)17)19-14-5-3-13(18-2)4-6-14/h3-8,11H,9-10H2,1H3. The normalized spacial score (nSPS) is 12.9. The van der Waals surface area contributed by atoms with E-state index < -0.39 is 0 Å². The zero-order valence-corrected chi connectivity index (χ0v) is 10.9. The van der Waals surface area contributed by atoms with Gasteiger partial charge in [0.15, 0.2) is 12.4 Å². The van der Waals surface area contributed by atoms with Crippen LogP contribution in [0, 0.1) is 6.57 Å². The maximum absolute atomic E-state index is 6.92. The average molecular weight is 247 g/mol. The molecule has 19 heavy (non-hydrogen) atoms. The zero-order valence-electron chi connectivity index (χ0n) is 10.9. The summed E-state index contributed by atoms with van der Waals surface area (Å²) in [6.45, 7) is 9.86. The molecular weight excluding hydrogens is 233 g/mol. The van der Waals surface area contributed by atoms with Crippen LogP contribution >= 0.6 is 0 Å². The predicted octanol–water partition coefficient (Wildman–Crippen LogP) is 3.92. The molecule has 3 rings (SSSR count). The Morgan fingerprint density at radius 1 is 1.11 bits per heavy atom. The molecule has 0 spiro atoms. The van der Waals surface area contributed by atoms with Crippen LogP contribution in [0.1, 0.15) is 5.56 Å². The van der Waals surface area contributed by atoms with Crippen molar-refractivity contribution in [3.63, 3.8) is 0 Å². The van der Waals surface area contributed by atoms with E-state index in [9.17, 15) is 0 Å². The van der Waals surface area contributed by atoms with Crippen LogP contribution < -0.4 is 10.2 Å². The molecule has 0 amide bonds. The number of hydrogen-bond donors (Lipinski definition) is 0. The summed E-state index contributed by atoms with van der Waals surface area (Å²) in [6.07, 6.45) is 2.38. The lowest BCUT2D eigenvalue weighted by Crippen LogP contribution is -2.21. The largest absolute Gasteiger partial charge is 0.457 e. The molecule has 0 fully saturated rings. The van der Waals surface area contributed by atoms with Gasteiger partial charge in [0.1, 0.15) is 11.5 Å². The van der Waals surface area contributed by atoms with E-state index in [1.807, 2.05) is 18.2 Å². The third-order valence-electron chi connectivity index (χ3n) is 3.69. The maximum Gasteiger partial charge on any atom is 0.187 e. The first-order valence-electron chi connectivity index (χ1n) is 6.54. The fraction of sp³-hybridized carbons (Fsp3) is 0.188. The Bertz CT molecular complexity index is 643. The minimum Gasteiger partial charge on any atom is -0.457 e. The molecule has 3 heteroatoms. The van der Waals surface area contributed by atoms with E-state index in [1.165, 1.54) is 17.3 Å². The zero-order chi connectivity index (χ0) is 13.2. The van der Waals surface area contributed by atoms with Crippen LogP contribution in [-0.4, -0.2) is 6.71 Å². The molecule has 0 atom stereocenters. The minimum absolute atomic E-state index is 0.634. The third kappa shape index (κ3) is 2.35.